The lowest BCUT2D eigenvalue weighted by molar-refractivity contribution is -0.137. The quantitative estimate of drug-likeness (QED) is 0.728. The molecule has 0 spiro atoms. The third kappa shape index (κ3) is 2.62. The van der Waals surface area contributed by atoms with Crippen LogP contribution in [0, 0.1) is 6.33 Å². The van der Waals surface area contributed by atoms with Gasteiger partial charge in [-0.05, 0) is 12.1 Å². The Bertz CT molecular complexity index is 734. The molecule has 105 valence electrons. The van der Waals surface area contributed by atoms with Crippen molar-refractivity contribution < 1.29 is 13.2 Å². The van der Waals surface area contributed by atoms with Gasteiger partial charge >= 0.3 is 6.18 Å². The van der Waals surface area contributed by atoms with Crippen LogP contribution in [0.3, 0.4) is 0 Å². The van der Waals surface area contributed by atoms with Crippen LogP contribution < -0.4 is 0 Å². The number of nitrogens with zero attached hydrogens (tertiary/aromatic N) is 4. The van der Waals surface area contributed by atoms with Gasteiger partial charge in [0.25, 0.3) is 0 Å². The minimum absolute atomic E-state index is 0.483. The summed E-state index contributed by atoms with van der Waals surface area (Å²) in [6, 6.07) is 4.79. The fraction of sp³-hybridized carbons (Fsp3) is 0.0714. The summed E-state index contributed by atoms with van der Waals surface area (Å²) in [6.45, 7) is 0. The van der Waals surface area contributed by atoms with Gasteiger partial charge in [0.1, 0.15) is 0 Å². The second-order valence-electron chi connectivity index (χ2n) is 4.25. The van der Waals surface area contributed by atoms with Gasteiger partial charge in [0.15, 0.2) is 6.33 Å². The maximum absolute atomic E-state index is 12.6. The molecule has 0 fully saturated rings. The van der Waals surface area contributed by atoms with Crippen molar-refractivity contribution >= 4 is 0 Å². The van der Waals surface area contributed by atoms with Gasteiger partial charge in [0.05, 0.1) is 29.5 Å². The molecule has 2 aromatic heterocycles. The lowest BCUT2D eigenvalue weighted by atomic mass is 10.1. The number of rotatable bonds is 2. The lowest BCUT2D eigenvalue weighted by Crippen LogP contribution is -2.04. The molecule has 0 aliphatic carbocycles. The van der Waals surface area contributed by atoms with Gasteiger partial charge in [0.2, 0.25) is 0 Å². The molecule has 7 heteroatoms. The van der Waals surface area contributed by atoms with Crippen LogP contribution >= 0.6 is 0 Å². The molecule has 1 aromatic carbocycles. The molecule has 0 saturated carbocycles. The van der Waals surface area contributed by atoms with Crippen LogP contribution in [0.2, 0.25) is 0 Å². The van der Waals surface area contributed by atoms with Crippen LogP contribution in [0.25, 0.3) is 16.9 Å². The van der Waals surface area contributed by atoms with Gasteiger partial charge in [-0.3, -0.25) is 0 Å². The van der Waals surface area contributed by atoms with Gasteiger partial charge in [-0.2, -0.15) is 13.2 Å². The Hall–Kier alpha value is -2.70. The summed E-state index contributed by atoms with van der Waals surface area (Å²) in [6.07, 6.45) is 4.48. The van der Waals surface area contributed by atoms with Crippen molar-refractivity contribution in [2.45, 2.75) is 6.18 Å². The van der Waals surface area contributed by atoms with Gasteiger partial charge in [-0.1, -0.05) is 12.1 Å². The Labute approximate surface area is 117 Å². The average Bonchev–Trinajstić information content (AvgIpc) is 3.01. The van der Waals surface area contributed by atoms with Gasteiger partial charge < -0.3 is 4.57 Å². The zero-order chi connectivity index (χ0) is 14.9. The minimum Gasteiger partial charge on any atom is -0.303 e. The zero-order valence-corrected chi connectivity index (χ0v) is 10.5. The first-order valence-electron chi connectivity index (χ1n) is 5.95. The highest BCUT2D eigenvalue weighted by atomic mass is 19.4. The van der Waals surface area contributed by atoms with E-state index in [1.165, 1.54) is 18.3 Å². The van der Waals surface area contributed by atoms with E-state index in [-0.39, 0.29) is 0 Å². The summed E-state index contributed by atoms with van der Waals surface area (Å²) in [7, 11) is 0. The summed E-state index contributed by atoms with van der Waals surface area (Å²) >= 11 is 0. The first kappa shape index (κ1) is 13.3. The van der Waals surface area contributed by atoms with E-state index in [0.717, 1.165) is 12.1 Å². The Balaban J connectivity index is 2.06. The third-order valence-electron chi connectivity index (χ3n) is 2.92. The molecule has 2 heterocycles. The molecule has 3 aromatic rings. The predicted molar refractivity (Wildman–Crippen MR) is 68.4 cm³/mol. The van der Waals surface area contributed by atoms with Crippen molar-refractivity contribution in [3.8, 4) is 16.9 Å². The molecule has 21 heavy (non-hydrogen) atoms. The van der Waals surface area contributed by atoms with Crippen LogP contribution in [0.5, 0.6) is 0 Å². The SMILES string of the molecule is FC(F)(F)c1ccc(-c2n[c]ncc2-n2ccnc2)cc1. The molecule has 0 aliphatic rings. The third-order valence-corrected chi connectivity index (χ3v) is 2.92. The van der Waals surface area contributed by atoms with Crippen molar-refractivity contribution in [1.82, 2.24) is 19.5 Å². The molecule has 0 atom stereocenters. The number of alkyl halides is 3. The standard InChI is InChI=1S/C14H8F3N4/c15-14(16,17)11-3-1-10(2-4-11)13-12(7-19-8-20-13)21-6-5-18-9-21/h1-7,9H. The Morgan fingerprint density at radius 2 is 1.86 bits per heavy atom. The van der Waals surface area contributed by atoms with Crippen molar-refractivity contribution in [3.63, 3.8) is 0 Å². The number of halogens is 3. The molecular formula is C14H8F3N4. The van der Waals surface area contributed by atoms with Crippen LogP contribution in [0.4, 0.5) is 13.2 Å². The molecule has 1 radical (unpaired) electrons. The predicted octanol–water partition coefficient (Wildman–Crippen LogP) is 3.15. The van der Waals surface area contributed by atoms with E-state index < -0.39 is 11.7 Å². The molecule has 0 saturated heterocycles. The summed E-state index contributed by atoms with van der Waals surface area (Å²) in [5.41, 5.74) is 0.946. The highest BCUT2D eigenvalue weighted by Crippen LogP contribution is 2.31. The van der Waals surface area contributed by atoms with E-state index >= 15 is 0 Å². The summed E-state index contributed by atoms with van der Waals surface area (Å²) in [5, 5.41) is 0. The Kier molecular flexibility index (Phi) is 3.17. The van der Waals surface area contributed by atoms with Crippen LogP contribution in [0.1, 0.15) is 5.56 Å². The zero-order valence-electron chi connectivity index (χ0n) is 10.5. The summed E-state index contributed by atoms with van der Waals surface area (Å²) in [4.78, 5) is 11.8. The summed E-state index contributed by atoms with van der Waals surface area (Å²) in [5.74, 6) is 0. The van der Waals surface area contributed by atoms with E-state index in [1.807, 2.05) is 0 Å². The van der Waals surface area contributed by atoms with Gasteiger partial charge in [-0.15, -0.1) is 0 Å². The first-order chi connectivity index (χ1) is 10.1. The topological polar surface area (TPSA) is 43.6 Å². The monoisotopic (exact) mass is 289 g/mol. The van der Waals surface area contributed by atoms with Crippen molar-refractivity contribution in [3.05, 3.63) is 61.1 Å². The number of hydrogen-bond acceptors (Lipinski definition) is 3. The van der Waals surface area contributed by atoms with Crippen LogP contribution in [-0.2, 0) is 6.18 Å². The van der Waals surface area contributed by atoms with E-state index in [0.29, 0.717) is 16.9 Å². The second kappa shape index (κ2) is 5.01. The Morgan fingerprint density at radius 1 is 1.10 bits per heavy atom. The fourth-order valence-corrected chi connectivity index (χ4v) is 1.91. The largest absolute Gasteiger partial charge is 0.416 e. The maximum Gasteiger partial charge on any atom is 0.416 e. The Morgan fingerprint density at radius 3 is 2.48 bits per heavy atom. The maximum atomic E-state index is 12.6. The molecule has 3 rings (SSSR count). The van der Waals surface area contributed by atoms with Crippen molar-refractivity contribution in [2.24, 2.45) is 0 Å². The van der Waals surface area contributed by atoms with Crippen LogP contribution in [0.15, 0.2) is 49.2 Å². The van der Waals surface area contributed by atoms with E-state index in [4.69, 9.17) is 0 Å². The highest BCUT2D eigenvalue weighted by Gasteiger charge is 2.30. The van der Waals surface area contributed by atoms with Crippen LogP contribution in [-0.4, -0.2) is 19.5 Å². The summed E-state index contributed by atoms with van der Waals surface area (Å²) < 4.78 is 39.4. The van der Waals surface area contributed by atoms with Crippen molar-refractivity contribution in [1.29, 1.82) is 0 Å². The van der Waals surface area contributed by atoms with Crippen molar-refractivity contribution in [2.75, 3.05) is 0 Å². The molecular weight excluding hydrogens is 281 g/mol. The first-order valence-corrected chi connectivity index (χ1v) is 5.95. The number of imidazole rings is 1. The fourth-order valence-electron chi connectivity index (χ4n) is 1.91. The molecule has 0 unspecified atom stereocenters. The minimum atomic E-state index is -4.36. The molecule has 0 bridgehead atoms. The molecule has 0 aliphatic heterocycles. The molecule has 4 nitrogen and oxygen atoms in total. The molecule has 0 N–H and O–H groups in total. The van der Waals surface area contributed by atoms with E-state index in [2.05, 4.69) is 21.3 Å². The van der Waals surface area contributed by atoms with E-state index in [1.54, 1.807) is 23.3 Å². The normalized spacial score (nSPS) is 11.6. The van der Waals surface area contributed by atoms with Gasteiger partial charge in [-0.25, -0.2) is 15.0 Å². The second-order valence-corrected chi connectivity index (χ2v) is 4.25. The number of benzene rings is 1. The average molecular weight is 289 g/mol. The van der Waals surface area contributed by atoms with E-state index in [9.17, 15) is 13.2 Å². The molecule has 0 amide bonds. The smallest absolute Gasteiger partial charge is 0.303 e. The van der Waals surface area contributed by atoms with Gasteiger partial charge in [0, 0.05) is 18.0 Å². The number of hydrogen-bond donors (Lipinski definition) is 0. The number of aromatic nitrogens is 4. The lowest BCUT2D eigenvalue weighted by Gasteiger charge is -2.10. The highest BCUT2D eigenvalue weighted by molar-refractivity contribution is 5.68.